The number of carboxylic acids is 2. The summed E-state index contributed by atoms with van der Waals surface area (Å²) < 4.78 is 6.39. The average Bonchev–Trinajstić information content (AvgIpc) is 3.01. The highest BCUT2D eigenvalue weighted by molar-refractivity contribution is 5.93. The van der Waals surface area contributed by atoms with Gasteiger partial charge in [0, 0.05) is 17.5 Å². The summed E-state index contributed by atoms with van der Waals surface area (Å²) in [6, 6.07) is 6.91. The average molecular weight is 682 g/mol. The first-order valence-electron chi connectivity index (χ1n) is 17.2. The third-order valence-electron chi connectivity index (χ3n) is 8.83. The highest BCUT2D eigenvalue weighted by Gasteiger charge is 2.28. The molecule has 2 aromatic rings. The molecule has 1 aliphatic heterocycles. The third-order valence-corrected chi connectivity index (χ3v) is 8.83. The van der Waals surface area contributed by atoms with Gasteiger partial charge in [0.25, 0.3) is 0 Å². The van der Waals surface area contributed by atoms with Gasteiger partial charge in [0.15, 0.2) is 0 Å². The highest BCUT2D eigenvalue weighted by atomic mass is 35.5. The summed E-state index contributed by atoms with van der Waals surface area (Å²) in [5.41, 5.74) is 4.02. The van der Waals surface area contributed by atoms with Crippen LogP contribution in [0, 0.1) is 0 Å². The molecule has 7 nitrogen and oxygen atoms in total. The Labute approximate surface area is 289 Å². The second-order valence-electron chi connectivity index (χ2n) is 12.4. The van der Waals surface area contributed by atoms with E-state index in [0.717, 1.165) is 93.0 Å². The van der Waals surface area contributed by atoms with Gasteiger partial charge in [0.1, 0.15) is 11.5 Å². The normalized spacial score (nSPS) is 11.8. The Morgan fingerprint density at radius 2 is 1.17 bits per heavy atom. The molecule has 9 heteroatoms. The molecule has 0 aliphatic carbocycles. The maximum absolute atomic E-state index is 12.9. The van der Waals surface area contributed by atoms with Crippen molar-refractivity contribution in [2.75, 3.05) is 39.3 Å². The number of fused-ring (bicyclic) bond motifs is 2. The smallest absolute Gasteiger partial charge is 0.336 e. The Bertz CT molecular complexity index is 1210. The van der Waals surface area contributed by atoms with E-state index in [0.29, 0.717) is 30.6 Å². The number of aromatic carboxylic acids is 2. The number of ether oxygens (including phenoxy) is 1. The van der Waals surface area contributed by atoms with Crippen LogP contribution in [0.4, 0.5) is 0 Å². The lowest BCUT2D eigenvalue weighted by atomic mass is 9.86. The number of carbonyl (C=O) groups is 2. The van der Waals surface area contributed by atoms with Crippen LogP contribution in [-0.2, 0) is 19.3 Å². The zero-order valence-corrected chi connectivity index (χ0v) is 30.2. The van der Waals surface area contributed by atoms with E-state index >= 15 is 0 Å². The Hall–Kier alpha value is -2.32. The van der Waals surface area contributed by atoms with Crippen molar-refractivity contribution < 1.29 is 24.5 Å². The maximum Gasteiger partial charge on any atom is 0.336 e. The number of halogens is 2. The summed E-state index contributed by atoms with van der Waals surface area (Å²) in [5.74, 6) is -0.492. The van der Waals surface area contributed by atoms with Crippen LogP contribution in [0.5, 0.6) is 11.5 Å². The molecule has 46 heavy (non-hydrogen) atoms. The van der Waals surface area contributed by atoms with Gasteiger partial charge in [-0.3, -0.25) is 0 Å². The number of unbranched alkanes of at least 4 members (excludes halogenated alkanes) is 4. The number of hydrogen-bond acceptors (Lipinski definition) is 5. The summed E-state index contributed by atoms with van der Waals surface area (Å²) in [5, 5.41) is 20.2. The number of benzene rings is 2. The molecule has 3 rings (SSSR count). The van der Waals surface area contributed by atoms with Gasteiger partial charge in [-0.25, -0.2) is 9.59 Å². The fourth-order valence-electron chi connectivity index (χ4n) is 6.26. The minimum Gasteiger partial charge on any atom is -0.478 e. The minimum absolute atomic E-state index is 0. The number of nitrogens with zero attached hydrogens (tertiary/aromatic N) is 2. The molecular formula is C37H58Cl2N2O5. The van der Waals surface area contributed by atoms with Gasteiger partial charge in [-0.05, 0) is 126 Å². The van der Waals surface area contributed by atoms with Crippen LogP contribution in [0.3, 0.4) is 0 Å². The molecule has 2 N–H and O–H groups in total. The quantitative estimate of drug-likeness (QED) is 0.109. The lowest BCUT2D eigenvalue weighted by Gasteiger charge is -2.27. The van der Waals surface area contributed by atoms with Crippen LogP contribution in [0.2, 0.25) is 0 Å². The molecule has 0 atom stereocenters. The monoisotopic (exact) mass is 680 g/mol. The summed E-state index contributed by atoms with van der Waals surface area (Å²) in [6.45, 7) is 15.1. The van der Waals surface area contributed by atoms with Crippen LogP contribution in [0.1, 0.15) is 135 Å². The topological polar surface area (TPSA) is 90.3 Å². The standard InChI is InChI=1S/C37H56N2O5.2ClH/c1-5-9-19-38(20-10-6-2)23-13-15-28-27-34-32(26-30-25-29(36(40)41)17-18-33(30)44-34)31(35(28)37(42)43)16-14-24-39(21-11-7-3)22-12-8-4;;/h17-18,25,27H,5-16,19-24,26H2,1-4H3,(H,40,41)(H,42,43);2*1H. The van der Waals surface area contributed by atoms with E-state index in [9.17, 15) is 19.8 Å². The molecule has 0 saturated heterocycles. The Morgan fingerprint density at radius 3 is 1.65 bits per heavy atom. The van der Waals surface area contributed by atoms with Gasteiger partial charge in [-0.2, -0.15) is 0 Å². The van der Waals surface area contributed by atoms with Crippen LogP contribution < -0.4 is 4.74 Å². The largest absolute Gasteiger partial charge is 0.478 e. The van der Waals surface area contributed by atoms with E-state index < -0.39 is 11.9 Å². The van der Waals surface area contributed by atoms with Crippen molar-refractivity contribution >= 4 is 36.8 Å². The first-order chi connectivity index (χ1) is 21.3. The fourth-order valence-corrected chi connectivity index (χ4v) is 6.26. The second-order valence-corrected chi connectivity index (χ2v) is 12.4. The van der Waals surface area contributed by atoms with Crippen molar-refractivity contribution in [3.63, 3.8) is 0 Å². The maximum atomic E-state index is 12.9. The zero-order valence-electron chi connectivity index (χ0n) is 28.6. The highest BCUT2D eigenvalue weighted by Crippen LogP contribution is 2.41. The summed E-state index contributed by atoms with van der Waals surface area (Å²) in [6.07, 6.45) is 12.9. The van der Waals surface area contributed by atoms with E-state index in [1.165, 1.54) is 38.5 Å². The van der Waals surface area contributed by atoms with Crippen LogP contribution in [-0.4, -0.2) is 71.2 Å². The number of aryl methyl sites for hydroxylation is 1. The fraction of sp³-hybridized carbons (Fsp3) is 0.622. The third kappa shape index (κ3) is 12.4. The number of hydrogen-bond donors (Lipinski definition) is 2. The van der Waals surface area contributed by atoms with E-state index in [-0.39, 0.29) is 30.4 Å². The molecule has 0 bridgehead atoms. The van der Waals surface area contributed by atoms with Gasteiger partial charge in [-0.15, -0.1) is 24.8 Å². The van der Waals surface area contributed by atoms with E-state index in [1.807, 2.05) is 6.07 Å². The van der Waals surface area contributed by atoms with Gasteiger partial charge < -0.3 is 24.7 Å². The minimum atomic E-state index is -0.980. The molecule has 1 aliphatic rings. The molecule has 0 unspecified atom stereocenters. The van der Waals surface area contributed by atoms with Crippen molar-refractivity contribution in [1.29, 1.82) is 0 Å². The molecule has 1 heterocycles. The summed E-state index contributed by atoms with van der Waals surface area (Å²) in [4.78, 5) is 29.7. The molecular weight excluding hydrogens is 623 g/mol. The second kappa shape index (κ2) is 22.3. The Balaban J connectivity index is 0.00000529. The lowest BCUT2D eigenvalue weighted by molar-refractivity contribution is 0.0684. The Morgan fingerprint density at radius 1 is 0.674 bits per heavy atom. The van der Waals surface area contributed by atoms with Crippen molar-refractivity contribution in [2.45, 2.75) is 111 Å². The predicted octanol–water partition coefficient (Wildman–Crippen LogP) is 9.29. The van der Waals surface area contributed by atoms with Crippen molar-refractivity contribution in [1.82, 2.24) is 9.80 Å². The molecule has 0 saturated carbocycles. The van der Waals surface area contributed by atoms with Gasteiger partial charge in [0.2, 0.25) is 0 Å². The van der Waals surface area contributed by atoms with E-state index in [2.05, 4.69) is 37.5 Å². The summed E-state index contributed by atoms with van der Waals surface area (Å²) in [7, 11) is 0. The van der Waals surface area contributed by atoms with Crippen LogP contribution >= 0.6 is 24.8 Å². The van der Waals surface area contributed by atoms with Crippen molar-refractivity contribution in [3.05, 3.63) is 57.6 Å². The van der Waals surface area contributed by atoms with Crippen LogP contribution in [0.25, 0.3) is 0 Å². The summed E-state index contributed by atoms with van der Waals surface area (Å²) >= 11 is 0. The van der Waals surface area contributed by atoms with Crippen molar-refractivity contribution in [3.8, 4) is 11.5 Å². The first-order valence-corrected chi connectivity index (χ1v) is 17.2. The van der Waals surface area contributed by atoms with E-state index in [4.69, 9.17) is 4.74 Å². The molecule has 0 aromatic heterocycles. The first kappa shape index (κ1) is 41.7. The number of carboxylic acid groups (broad SMARTS) is 2. The van der Waals surface area contributed by atoms with Crippen LogP contribution in [0.15, 0.2) is 24.3 Å². The molecule has 0 radical (unpaired) electrons. The molecule has 0 fully saturated rings. The SMILES string of the molecule is CCCCN(CCCC)CCCc1cc2c(c(CCCN(CCCC)CCCC)c1C(=O)O)Cc1cc(C(=O)O)ccc1O2.Cl.Cl. The molecule has 2 aromatic carbocycles. The molecule has 0 spiro atoms. The molecule has 260 valence electrons. The van der Waals surface area contributed by atoms with Gasteiger partial charge in [-0.1, -0.05) is 53.4 Å². The number of rotatable bonds is 22. The predicted molar refractivity (Wildman–Crippen MR) is 193 cm³/mol. The molecule has 0 amide bonds. The van der Waals surface area contributed by atoms with Crippen molar-refractivity contribution in [2.24, 2.45) is 0 Å². The zero-order chi connectivity index (χ0) is 31.9. The van der Waals surface area contributed by atoms with E-state index in [1.54, 1.807) is 18.2 Å². The Kier molecular flexibility index (Phi) is 20.2. The van der Waals surface area contributed by atoms with Gasteiger partial charge >= 0.3 is 11.9 Å². The lowest BCUT2D eigenvalue weighted by Crippen LogP contribution is -2.28. The van der Waals surface area contributed by atoms with Gasteiger partial charge in [0.05, 0.1) is 11.1 Å².